The van der Waals surface area contributed by atoms with Crippen LogP contribution in [-0.2, 0) is 0 Å². The van der Waals surface area contributed by atoms with Gasteiger partial charge in [-0.05, 0) is 35.7 Å². The molecule has 1 aromatic heterocycles. The molecule has 1 heterocycles. The lowest BCUT2D eigenvalue weighted by Crippen LogP contribution is -2.31. The molecule has 0 fully saturated rings. The molecule has 0 saturated heterocycles. The molecule has 2 aromatic rings. The van der Waals surface area contributed by atoms with Gasteiger partial charge in [0.05, 0.1) is 13.2 Å². The number of carbonyl (C=O) groups is 1. The third-order valence-corrected chi connectivity index (χ3v) is 3.37. The molecule has 0 aliphatic carbocycles. The minimum absolute atomic E-state index is 0.0448. The minimum Gasteiger partial charge on any atom is -0.497 e. The first-order valence-electron chi connectivity index (χ1n) is 6.96. The first-order chi connectivity index (χ1) is 10.1. The number of benzene rings is 1. The number of nitrogens with zero attached hydrogens (tertiary/aromatic N) is 1. The second kappa shape index (κ2) is 6.88. The zero-order valence-electron chi connectivity index (χ0n) is 12.5. The predicted octanol–water partition coefficient (Wildman–Crippen LogP) is 3.22. The Bertz CT molecular complexity index is 579. The largest absolute Gasteiger partial charge is 0.497 e. The highest BCUT2D eigenvalue weighted by molar-refractivity contribution is 5.94. The Kier molecular flexibility index (Phi) is 4.93. The maximum Gasteiger partial charge on any atom is 0.251 e. The molecule has 0 aliphatic heterocycles. The summed E-state index contributed by atoms with van der Waals surface area (Å²) in [6, 6.07) is 11.2. The van der Waals surface area contributed by atoms with Crippen molar-refractivity contribution in [1.29, 1.82) is 0 Å². The van der Waals surface area contributed by atoms with Crippen molar-refractivity contribution in [2.75, 3.05) is 7.11 Å². The third kappa shape index (κ3) is 3.81. The van der Waals surface area contributed by atoms with E-state index in [0.29, 0.717) is 5.56 Å². The Balaban J connectivity index is 2.17. The number of methoxy groups -OCH3 is 1. The lowest BCUT2D eigenvalue weighted by Gasteiger charge is -2.23. The number of pyridine rings is 1. The summed E-state index contributed by atoms with van der Waals surface area (Å²) in [5.74, 6) is 0.998. The summed E-state index contributed by atoms with van der Waals surface area (Å²) in [6.45, 7) is 4.17. The molecule has 1 N–H and O–H groups in total. The molecule has 110 valence electrons. The van der Waals surface area contributed by atoms with Crippen molar-refractivity contribution in [1.82, 2.24) is 10.3 Å². The summed E-state index contributed by atoms with van der Waals surface area (Å²) in [5, 5.41) is 3.08. The van der Waals surface area contributed by atoms with E-state index in [9.17, 15) is 4.79 Å². The predicted molar refractivity (Wildman–Crippen MR) is 82.3 cm³/mol. The van der Waals surface area contributed by atoms with E-state index in [4.69, 9.17) is 4.74 Å². The van der Waals surface area contributed by atoms with Crippen LogP contribution in [0.5, 0.6) is 5.75 Å². The van der Waals surface area contributed by atoms with Gasteiger partial charge in [-0.3, -0.25) is 9.78 Å². The van der Waals surface area contributed by atoms with Crippen LogP contribution in [0.25, 0.3) is 0 Å². The van der Waals surface area contributed by atoms with E-state index in [-0.39, 0.29) is 17.9 Å². The van der Waals surface area contributed by atoms with Crippen molar-refractivity contribution in [2.45, 2.75) is 19.9 Å². The summed E-state index contributed by atoms with van der Waals surface area (Å²) in [7, 11) is 1.64. The van der Waals surface area contributed by atoms with Crippen molar-refractivity contribution < 1.29 is 9.53 Å². The third-order valence-electron chi connectivity index (χ3n) is 3.37. The first-order valence-corrected chi connectivity index (χ1v) is 6.96. The van der Waals surface area contributed by atoms with Gasteiger partial charge in [0.2, 0.25) is 0 Å². The van der Waals surface area contributed by atoms with Crippen LogP contribution in [0.2, 0.25) is 0 Å². The SMILES string of the molecule is COc1ccc([C@H](NC(=O)c2ccncc2)C(C)C)cc1. The van der Waals surface area contributed by atoms with Crippen molar-refractivity contribution >= 4 is 5.91 Å². The van der Waals surface area contributed by atoms with Crippen molar-refractivity contribution in [3.8, 4) is 5.75 Å². The molecule has 4 heteroatoms. The first kappa shape index (κ1) is 15.0. The van der Waals surface area contributed by atoms with Gasteiger partial charge >= 0.3 is 0 Å². The molecule has 0 saturated carbocycles. The van der Waals surface area contributed by atoms with E-state index in [0.717, 1.165) is 11.3 Å². The van der Waals surface area contributed by atoms with Crippen LogP contribution in [-0.4, -0.2) is 18.0 Å². The highest BCUT2D eigenvalue weighted by Gasteiger charge is 2.19. The molecule has 0 unspecified atom stereocenters. The minimum atomic E-state index is -0.0908. The van der Waals surface area contributed by atoms with E-state index >= 15 is 0 Å². The average Bonchev–Trinajstić information content (AvgIpc) is 2.53. The van der Waals surface area contributed by atoms with Gasteiger partial charge in [0.15, 0.2) is 0 Å². The average molecular weight is 284 g/mol. The van der Waals surface area contributed by atoms with Crippen LogP contribution < -0.4 is 10.1 Å². The number of carbonyl (C=O) groups excluding carboxylic acids is 1. The van der Waals surface area contributed by atoms with Crippen LogP contribution >= 0.6 is 0 Å². The number of rotatable bonds is 5. The normalized spacial score (nSPS) is 12.0. The molecule has 0 aliphatic rings. The summed E-state index contributed by atoms with van der Waals surface area (Å²) in [5.41, 5.74) is 1.68. The Labute approximate surface area is 125 Å². The fourth-order valence-corrected chi connectivity index (χ4v) is 2.17. The standard InChI is InChI=1S/C17H20N2O2/c1-12(2)16(13-4-6-15(21-3)7-5-13)19-17(20)14-8-10-18-11-9-14/h4-12,16H,1-3H3,(H,19,20)/t16-/m1/s1. The van der Waals surface area contributed by atoms with Crippen LogP contribution in [0.1, 0.15) is 35.8 Å². The summed E-state index contributed by atoms with van der Waals surface area (Å²) in [4.78, 5) is 16.2. The zero-order valence-corrected chi connectivity index (χ0v) is 12.5. The van der Waals surface area contributed by atoms with E-state index in [2.05, 4.69) is 24.1 Å². The van der Waals surface area contributed by atoms with Crippen molar-refractivity contribution in [2.24, 2.45) is 5.92 Å². The molecule has 0 spiro atoms. The lowest BCUT2D eigenvalue weighted by atomic mass is 9.95. The van der Waals surface area contributed by atoms with E-state index in [1.165, 1.54) is 0 Å². The molecule has 0 radical (unpaired) electrons. The van der Waals surface area contributed by atoms with Crippen LogP contribution in [0.3, 0.4) is 0 Å². The summed E-state index contributed by atoms with van der Waals surface area (Å²) >= 11 is 0. The van der Waals surface area contributed by atoms with Crippen LogP contribution in [0.4, 0.5) is 0 Å². The zero-order chi connectivity index (χ0) is 15.2. The van der Waals surface area contributed by atoms with E-state index in [1.54, 1.807) is 31.6 Å². The second-order valence-corrected chi connectivity index (χ2v) is 5.20. The number of hydrogen-bond acceptors (Lipinski definition) is 3. The molecule has 1 atom stereocenters. The monoisotopic (exact) mass is 284 g/mol. The van der Waals surface area contributed by atoms with Gasteiger partial charge in [-0.15, -0.1) is 0 Å². The number of amides is 1. The number of hydrogen-bond donors (Lipinski definition) is 1. The van der Waals surface area contributed by atoms with Gasteiger partial charge in [0, 0.05) is 18.0 Å². The van der Waals surface area contributed by atoms with Gasteiger partial charge in [-0.2, -0.15) is 0 Å². The lowest BCUT2D eigenvalue weighted by molar-refractivity contribution is 0.0925. The van der Waals surface area contributed by atoms with Gasteiger partial charge in [0.25, 0.3) is 5.91 Å². The van der Waals surface area contributed by atoms with Gasteiger partial charge in [-0.1, -0.05) is 26.0 Å². The summed E-state index contributed by atoms with van der Waals surface area (Å²) < 4.78 is 5.17. The van der Waals surface area contributed by atoms with Gasteiger partial charge < -0.3 is 10.1 Å². The maximum atomic E-state index is 12.3. The molecule has 1 aromatic carbocycles. The molecule has 1 amide bonds. The number of nitrogens with one attached hydrogen (secondary N) is 1. The summed E-state index contributed by atoms with van der Waals surface area (Å²) in [6.07, 6.45) is 3.24. The fraction of sp³-hybridized carbons (Fsp3) is 0.294. The molecule has 0 bridgehead atoms. The Morgan fingerprint density at radius 1 is 1.10 bits per heavy atom. The van der Waals surface area contributed by atoms with Gasteiger partial charge in [0.1, 0.15) is 5.75 Å². The number of ether oxygens (including phenoxy) is 1. The molecule has 2 rings (SSSR count). The number of aromatic nitrogens is 1. The van der Waals surface area contributed by atoms with Crippen molar-refractivity contribution in [3.05, 3.63) is 59.9 Å². The van der Waals surface area contributed by atoms with Gasteiger partial charge in [-0.25, -0.2) is 0 Å². The fourth-order valence-electron chi connectivity index (χ4n) is 2.17. The quantitative estimate of drug-likeness (QED) is 0.917. The highest BCUT2D eigenvalue weighted by Crippen LogP contribution is 2.24. The van der Waals surface area contributed by atoms with Crippen molar-refractivity contribution in [3.63, 3.8) is 0 Å². The maximum absolute atomic E-state index is 12.3. The Hall–Kier alpha value is -2.36. The molecular formula is C17H20N2O2. The topological polar surface area (TPSA) is 51.2 Å². The molecule has 4 nitrogen and oxygen atoms in total. The Morgan fingerprint density at radius 2 is 1.71 bits per heavy atom. The highest BCUT2D eigenvalue weighted by atomic mass is 16.5. The molecular weight excluding hydrogens is 264 g/mol. The second-order valence-electron chi connectivity index (χ2n) is 5.20. The smallest absolute Gasteiger partial charge is 0.251 e. The Morgan fingerprint density at radius 3 is 2.24 bits per heavy atom. The van der Waals surface area contributed by atoms with Crippen LogP contribution in [0.15, 0.2) is 48.8 Å². The van der Waals surface area contributed by atoms with E-state index in [1.807, 2.05) is 24.3 Å². The molecule has 21 heavy (non-hydrogen) atoms. The van der Waals surface area contributed by atoms with Crippen LogP contribution in [0, 0.1) is 5.92 Å². The van der Waals surface area contributed by atoms with E-state index < -0.39 is 0 Å².